The molecule has 0 saturated carbocycles. The van der Waals surface area contributed by atoms with Crippen molar-refractivity contribution in [2.45, 2.75) is 59.4 Å². The molecule has 0 aliphatic carbocycles. The van der Waals surface area contributed by atoms with Crippen molar-refractivity contribution in [3.8, 4) is 16.9 Å². The lowest BCUT2D eigenvalue weighted by atomic mass is 9.88. The average molecular weight is 732 g/mol. The van der Waals surface area contributed by atoms with E-state index in [1.165, 1.54) is 23.5 Å². The van der Waals surface area contributed by atoms with E-state index in [0.29, 0.717) is 51.3 Å². The molecule has 5 rings (SSSR count). The number of nitrogens with two attached hydrogens (primary N) is 1. The molecule has 2 aliphatic heterocycles. The van der Waals surface area contributed by atoms with Gasteiger partial charge in [-0.2, -0.15) is 4.31 Å². The Bertz CT molecular complexity index is 1830. The molecule has 50 heavy (non-hydrogen) atoms. The van der Waals surface area contributed by atoms with Crippen LogP contribution in [-0.2, 0) is 36.1 Å². The number of benzene rings is 3. The molecule has 2 saturated heterocycles. The molecule has 3 aromatic rings. The van der Waals surface area contributed by atoms with Crippen molar-refractivity contribution in [3.05, 3.63) is 78.4 Å². The number of hydrogen-bond acceptors (Lipinski definition) is 11. The summed E-state index contributed by atoms with van der Waals surface area (Å²) in [6.45, 7) is 1.23. The van der Waals surface area contributed by atoms with Crippen LogP contribution in [0.2, 0.25) is 0 Å². The van der Waals surface area contributed by atoms with Crippen molar-refractivity contribution in [1.29, 1.82) is 0 Å². The highest BCUT2D eigenvalue weighted by atomic mass is 32.2. The highest BCUT2D eigenvalue weighted by Gasteiger charge is 2.44. The van der Waals surface area contributed by atoms with Crippen LogP contribution in [0.15, 0.2) is 82.6 Å². The Morgan fingerprint density at radius 2 is 1.72 bits per heavy atom. The number of carbonyl (C=O) groups is 1. The van der Waals surface area contributed by atoms with Gasteiger partial charge in [0.25, 0.3) is 0 Å². The first-order chi connectivity index (χ1) is 23.8. The molecule has 3 atom stereocenters. The Kier molecular flexibility index (Phi) is 12.3. The number of ether oxygens (including phenoxy) is 2. The number of nitrogens with zero attached hydrogens (tertiary/aromatic N) is 1. The lowest BCUT2D eigenvalue weighted by Gasteiger charge is -2.38. The van der Waals surface area contributed by atoms with Crippen molar-refractivity contribution in [2.24, 2.45) is 5.73 Å². The molecule has 0 aromatic heterocycles. The topological polar surface area (TPSA) is 210 Å². The van der Waals surface area contributed by atoms with Crippen molar-refractivity contribution in [3.63, 3.8) is 0 Å². The van der Waals surface area contributed by atoms with E-state index >= 15 is 0 Å². The molecule has 3 aromatic carbocycles. The highest BCUT2D eigenvalue weighted by Crippen LogP contribution is 2.37. The molecule has 2 aliphatic rings. The monoisotopic (exact) mass is 731 g/mol. The summed E-state index contributed by atoms with van der Waals surface area (Å²) in [5.41, 5.74) is 7.27. The second-order valence-electron chi connectivity index (χ2n) is 12.6. The predicted molar refractivity (Wildman–Crippen MR) is 186 cm³/mol. The number of hydrogen-bond donors (Lipinski definition) is 6. The van der Waals surface area contributed by atoms with Gasteiger partial charge in [0, 0.05) is 38.3 Å². The van der Waals surface area contributed by atoms with Crippen molar-refractivity contribution >= 4 is 26.0 Å². The highest BCUT2D eigenvalue weighted by molar-refractivity contribution is 7.89. The quantitative estimate of drug-likeness (QED) is 0.120. The summed E-state index contributed by atoms with van der Waals surface area (Å²) >= 11 is 0. The number of nitrogens with one attached hydrogen (secondary N) is 3. The molecular weight excluding hydrogens is 687 g/mol. The minimum Gasteiger partial charge on any atom is -0.491 e. The summed E-state index contributed by atoms with van der Waals surface area (Å²) in [5, 5.41) is 26.0. The molecule has 1 amide bonds. The fourth-order valence-corrected chi connectivity index (χ4v) is 8.41. The Morgan fingerprint density at radius 1 is 1.02 bits per heavy atom. The molecule has 14 nitrogen and oxygen atoms in total. The number of aliphatic hydroxyl groups is 2. The normalized spacial score (nSPS) is 19.3. The zero-order valence-corrected chi connectivity index (χ0v) is 29.5. The second-order valence-corrected chi connectivity index (χ2v) is 16.4. The summed E-state index contributed by atoms with van der Waals surface area (Å²) in [5.74, 6) is -0.303. The van der Waals surface area contributed by atoms with E-state index in [9.17, 15) is 31.8 Å². The maximum absolute atomic E-state index is 13.7. The molecule has 7 N–H and O–H groups in total. The maximum Gasteiger partial charge on any atom is 0.243 e. The van der Waals surface area contributed by atoms with Crippen molar-refractivity contribution in [1.82, 2.24) is 19.7 Å². The van der Waals surface area contributed by atoms with Gasteiger partial charge in [0.15, 0.2) is 0 Å². The number of aliphatic hydroxyl groups excluding tert-OH is 2. The largest absolute Gasteiger partial charge is 0.491 e. The number of amides is 1. The van der Waals surface area contributed by atoms with E-state index in [2.05, 4.69) is 15.4 Å². The average Bonchev–Trinajstić information content (AvgIpc) is 3.52. The van der Waals surface area contributed by atoms with Crippen LogP contribution in [0, 0.1) is 0 Å². The first-order valence-electron chi connectivity index (χ1n) is 16.4. The van der Waals surface area contributed by atoms with Crippen molar-refractivity contribution < 1.29 is 41.3 Å². The van der Waals surface area contributed by atoms with Crippen LogP contribution in [0.1, 0.15) is 24.8 Å². The van der Waals surface area contributed by atoms with Crippen LogP contribution in [0.25, 0.3) is 11.1 Å². The van der Waals surface area contributed by atoms with Gasteiger partial charge in [-0.15, -0.1) is 0 Å². The van der Waals surface area contributed by atoms with Crippen LogP contribution in [0.4, 0.5) is 0 Å². The van der Waals surface area contributed by atoms with E-state index in [-0.39, 0.29) is 29.0 Å². The lowest BCUT2D eigenvalue weighted by Crippen LogP contribution is -2.47. The Morgan fingerprint density at radius 3 is 2.40 bits per heavy atom. The van der Waals surface area contributed by atoms with E-state index in [1.807, 2.05) is 30.3 Å². The summed E-state index contributed by atoms with van der Waals surface area (Å²) < 4.78 is 67.0. The third-order valence-electron chi connectivity index (χ3n) is 9.15. The Balaban J connectivity index is 1.10. The first-order valence-corrected chi connectivity index (χ1v) is 19.3. The van der Waals surface area contributed by atoms with Gasteiger partial charge >= 0.3 is 0 Å². The van der Waals surface area contributed by atoms with Gasteiger partial charge in [-0.05, 0) is 67.3 Å². The zero-order chi connectivity index (χ0) is 35.9. The van der Waals surface area contributed by atoms with E-state index < -0.39 is 50.3 Å². The number of sulfonamides is 2. The molecule has 0 radical (unpaired) electrons. The van der Waals surface area contributed by atoms with Gasteiger partial charge in [0.2, 0.25) is 26.0 Å². The van der Waals surface area contributed by atoms with Gasteiger partial charge in [-0.3, -0.25) is 10.1 Å². The fourth-order valence-electron chi connectivity index (χ4n) is 6.16. The molecule has 2 heterocycles. The van der Waals surface area contributed by atoms with Gasteiger partial charge < -0.3 is 30.7 Å². The number of rotatable bonds is 16. The second kappa shape index (κ2) is 16.3. The van der Waals surface area contributed by atoms with E-state index in [1.54, 1.807) is 30.3 Å². The summed E-state index contributed by atoms with van der Waals surface area (Å²) in [7, 11) is -6.03. The number of piperidine rings is 1. The van der Waals surface area contributed by atoms with Crippen molar-refractivity contribution in [2.75, 3.05) is 46.5 Å². The van der Waals surface area contributed by atoms with E-state index in [4.69, 9.17) is 15.2 Å². The Hall–Kier alpha value is -3.45. The molecule has 0 bridgehead atoms. The maximum atomic E-state index is 13.7. The minimum absolute atomic E-state index is 0.0185. The molecule has 1 spiro atoms. The van der Waals surface area contributed by atoms with Gasteiger partial charge in [0.05, 0.1) is 28.6 Å². The SMILES string of the molecule is CNS(=O)(=O)c1cccc(OCC(O)CNC2COC3(CCN(S(=O)(=O)c4cccc(-c5ccc(CNC(CO)C(N)=O)cc5)c4)CC3)C2)c1. The first kappa shape index (κ1) is 37.8. The van der Waals surface area contributed by atoms with Gasteiger partial charge in [0.1, 0.15) is 24.5 Å². The third-order valence-corrected chi connectivity index (χ3v) is 12.5. The van der Waals surface area contributed by atoms with Crippen LogP contribution >= 0.6 is 0 Å². The lowest BCUT2D eigenvalue weighted by molar-refractivity contribution is -0.120. The van der Waals surface area contributed by atoms with Gasteiger partial charge in [-0.25, -0.2) is 21.6 Å². The summed E-state index contributed by atoms with van der Waals surface area (Å²) in [6.07, 6.45) is 0.929. The Labute approximate surface area is 293 Å². The summed E-state index contributed by atoms with van der Waals surface area (Å²) in [6, 6.07) is 19.5. The van der Waals surface area contributed by atoms with Crippen LogP contribution in [0.5, 0.6) is 5.75 Å². The van der Waals surface area contributed by atoms with Crippen LogP contribution < -0.4 is 25.8 Å². The molecule has 272 valence electrons. The van der Waals surface area contributed by atoms with Crippen LogP contribution in [-0.4, -0.2) is 108 Å². The van der Waals surface area contributed by atoms with Gasteiger partial charge in [-0.1, -0.05) is 42.5 Å². The molecule has 2 fully saturated rings. The predicted octanol–water partition coefficient (Wildman–Crippen LogP) is 0.539. The third kappa shape index (κ3) is 9.25. The molecule has 16 heteroatoms. The molecule has 3 unspecified atom stereocenters. The zero-order valence-electron chi connectivity index (χ0n) is 27.8. The van der Waals surface area contributed by atoms with E-state index in [0.717, 1.165) is 16.7 Å². The van der Waals surface area contributed by atoms with Crippen LogP contribution in [0.3, 0.4) is 0 Å². The number of carbonyl (C=O) groups excluding carboxylic acids is 1. The smallest absolute Gasteiger partial charge is 0.243 e. The molecular formula is C34H45N5O9S2. The standard InChI is InChI=1S/C34H45N5O9S2/c1-36-49(43,44)30-6-3-5-29(17-30)47-23-28(41)20-37-27-18-34(48-22-27)12-14-39(15-13-34)50(45,46)31-7-2-4-26(16-31)25-10-8-24(9-11-25)19-38-32(21-40)33(35)42/h2-11,16-17,27-28,32,36-38,40-41H,12-15,18-23H2,1H3,(H2,35,42). The number of primary amides is 1. The summed E-state index contributed by atoms with van der Waals surface area (Å²) in [4.78, 5) is 11.6. The minimum atomic E-state index is -3.75. The fraction of sp³-hybridized carbons (Fsp3) is 0.441.